The highest BCUT2D eigenvalue weighted by Gasteiger charge is 2.40. The number of ether oxygens (including phenoxy) is 2. The summed E-state index contributed by atoms with van der Waals surface area (Å²) in [5.41, 5.74) is 3.71. The van der Waals surface area contributed by atoms with Crippen molar-refractivity contribution in [2.75, 3.05) is 19.5 Å². The fraction of sp³-hybridized carbons (Fsp3) is 0.185. The number of imide groups is 1. The van der Waals surface area contributed by atoms with Crippen LogP contribution in [0.3, 0.4) is 0 Å². The molecule has 1 N–H and O–H groups in total. The molecule has 0 aromatic heterocycles. The molecule has 0 spiro atoms. The smallest absolute Gasteiger partial charge is 0.278 e. The summed E-state index contributed by atoms with van der Waals surface area (Å²) >= 11 is 0. The third-order valence-corrected chi connectivity index (χ3v) is 5.76. The summed E-state index contributed by atoms with van der Waals surface area (Å²) < 4.78 is 25.0. The molecular formula is C27H25FN2O4. The normalized spacial score (nSPS) is 13.5. The molecule has 3 aromatic carbocycles. The summed E-state index contributed by atoms with van der Waals surface area (Å²) in [6, 6.07) is 16.9. The zero-order valence-electron chi connectivity index (χ0n) is 19.4. The number of hydrogen-bond acceptors (Lipinski definition) is 5. The van der Waals surface area contributed by atoms with Crippen molar-refractivity contribution < 1.29 is 23.5 Å². The Kier molecular flexibility index (Phi) is 6.36. The molecule has 174 valence electrons. The molecule has 0 unspecified atom stereocenters. The number of halogens is 1. The lowest BCUT2D eigenvalue weighted by molar-refractivity contribution is -0.137. The van der Waals surface area contributed by atoms with E-state index < -0.39 is 17.6 Å². The van der Waals surface area contributed by atoms with Gasteiger partial charge in [-0.05, 0) is 43.2 Å². The van der Waals surface area contributed by atoms with Gasteiger partial charge in [0.1, 0.15) is 11.5 Å². The highest BCUT2D eigenvalue weighted by molar-refractivity contribution is 6.36. The third-order valence-electron chi connectivity index (χ3n) is 5.76. The molecule has 2 amide bonds. The molecule has 0 saturated carbocycles. The maximum absolute atomic E-state index is 14.3. The highest BCUT2D eigenvalue weighted by atomic mass is 19.1. The fourth-order valence-corrected chi connectivity index (χ4v) is 4.03. The monoisotopic (exact) mass is 460 g/mol. The number of amides is 2. The number of benzene rings is 3. The first-order valence-corrected chi connectivity index (χ1v) is 10.7. The lowest BCUT2D eigenvalue weighted by atomic mass is 9.97. The second-order valence-electron chi connectivity index (χ2n) is 8.05. The first-order valence-electron chi connectivity index (χ1n) is 10.7. The van der Waals surface area contributed by atoms with Crippen LogP contribution in [0.4, 0.5) is 10.1 Å². The Labute approximate surface area is 197 Å². The van der Waals surface area contributed by atoms with Gasteiger partial charge in [0.2, 0.25) is 0 Å². The van der Waals surface area contributed by atoms with E-state index in [4.69, 9.17) is 9.47 Å². The van der Waals surface area contributed by atoms with Crippen molar-refractivity contribution in [3.63, 3.8) is 0 Å². The minimum Gasteiger partial charge on any atom is -0.493 e. The number of hydrogen-bond donors (Lipinski definition) is 1. The number of carbonyl (C=O) groups excluding carboxylic acids is 2. The summed E-state index contributed by atoms with van der Waals surface area (Å²) in [4.78, 5) is 28.1. The van der Waals surface area contributed by atoms with Crippen LogP contribution in [0, 0.1) is 19.7 Å². The molecule has 0 fully saturated rings. The number of nitrogens with one attached hydrogen (secondary N) is 1. The summed E-state index contributed by atoms with van der Waals surface area (Å²) in [5, 5.41) is 3.11. The van der Waals surface area contributed by atoms with Crippen molar-refractivity contribution in [2.24, 2.45) is 0 Å². The number of carbonyl (C=O) groups is 2. The molecule has 0 radical (unpaired) electrons. The van der Waals surface area contributed by atoms with Crippen LogP contribution in [0.2, 0.25) is 0 Å². The Morgan fingerprint density at radius 2 is 1.62 bits per heavy atom. The molecule has 34 heavy (non-hydrogen) atoms. The van der Waals surface area contributed by atoms with E-state index >= 15 is 0 Å². The van der Waals surface area contributed by atoms with Gasteiger partial charge in [-0.3, -0.25) is 14.5 Å². The van der Waals surface area contributed by atoms with Gasteiger partial charge in [-0.15, -0.1) is 0 Å². The number of anilines is 1. The first-order chi connectivity index (χ1) is 16.3. The van der Waals surface area contributed by atoms with E-state index in [2.05, 4.69) is 5.32 Å². The van der Waals surface area contributed by atoms with Gasteiger partial charge in [0, 0.05) is 17.3 Å². The lowest BCUT2D eigenvalue weighted by Gasteiger charge is -2.16. The topological polar surface area (TPSA) is 67.9 Å². The van der Waals surface area contributed by atoms with Crippen molar-refractivity contribution in [1.82, 2.24) is 4.90 Å². The minimum absolute atomic E-state index is 0.125. The van der Waals surface area contributed by atoms with E-state index in [1.165, 1.54) is 20.3 Å². The van der Waals surface area contributed by atoms with E-state index in [9.17, 15) is 14.0 Å². The van der Waals surface area contributed by atoms with Gasteiger partial charge in [0.05, 0.1) is 26.3 Å². The zero-order chi connectivity index (χ0) is 24.4. The van der Waals surface area contributed by atoms with E-state index in [-0.39, 0.29) is 23.4 Å². The molecule has 0 atom stereocenters. The standard InChI is InChI=1S/C27H25FN2O4/c1-16-9-11-20(17(2)13-16)24-25(29-19-10-12-22(33-3)23(14-19)34-4)27(32)30(26(24)31)15-18-7-5-6-8-21(18)28/h5-14,29H,15H2,1-4H3. The number of nitrogens with zero attached hydrogens (tertiary/aromatic N) is 1. The predicted octanol–water partition coefficient (Wildman–Crippen LogP) is 4.85. The van der Waals surface area contributed by atoms with Crippen LogP contribution in [-0.4, -0.2) is 30.9 Å². The molecule has 0 bridgehead atoms. The summed E-state index contributed by atoms with van der Waals surface area (Å²) in [7, 11) is 3.05. The predicted molar refractivity (Wildman–Crippen MR) is 128 cm³/mol. The molecular weight excluding hydrogens is 435 g/mol. The van der Waals surface area contributed by atoms with E-state index in [0.717, 1.165) is 16.0 Å². The van der Waals surface area contributed by atoms with Crippen LogP contribution in [0.1, 0.15) is 22.3 Å². The molecule has 3 aromatic rings. The van der Waals surface area contributed by atoms with Crippen LogP contribution in [0.15, 0.2) is 66.4 Å². The molecule has 0 aliphatic carbocycles. The van der Waals surface area contributed by atoms with Gasteiger partial charge >= 0.3 is 0 Å². The second kappa shape index (κ2) is 9.39. The SMILES string of the molecule is COc1ccc(NC2=C(c3ccc(C)cc3C)C(=O)N(Cc3ccccc3F)C2=O)cc1OC. The maximum atomic E-state index is 14.3. The van der Waals surface area contributed by atoms with Crippen molar-refractivity contribution >= 4 is 23.1 Å². The Morgan fingerprint density at radius 1 is 0.882 bits per heavy atom. The fourth-order valence-electron chi connectivity index (χ4n) is 4.03. The lowest BCUT2D eigenvalue weighted by Crippen LogP contribution is -2.32. The van der Waals surface area contributed by atoms with Gasteiger partial charge in [0.25, 0.3) is 11.8 Å². The first kappa shape index (κ1) is 23.0. The quantitative estimate of drug-likeness (QED) is 0.511. The Bertz CT molecular complexity index is 1320. The van der Waals surface area contributed by atoms with Crippen molar-refractivity contribution in [2.45, 2.75) is 20.4 Å². The van der Waals surface area contributed by atoms with Crippen molar-refractivity contribution in [3.05, 3.63) is 94.4 Å². The number of rotatable bonds is 7. The third kappa shape index (κ3) is 4.24. The summed E-state index contributed by atoms with van der Waals surface area (Å²) in [5.74, 6) is -0.480. The summed E-state index contributed by atoms with van der Waals surface area (Å²) in [6.45, 7) is 3.68. The molecule has 0 saturated heterocycles. The van der Waals surface area contributed by atoms with Gasteiger partial charge < -0.3 is 14.8 Å². The van der Waals surface area contributed by atoms with Crippen molar-refractivity contribution in [1.29, 1.82) is 0 Å². The average Bonchev–Trinajstić information content (AvgIpc) is 3.04. The number of aryl methyl sites for hydroxylation is 2. The van der Waals surface area contributed by atoms with Crippen LogP contribution in [0.25, 0.3) is 5.57 Å². The second-order valence-corrected chi connectivity index (χ2v) is 8.05. The molecule has 7 heteroatoms. The van der Waals surface area contributed by atoms with E-state index in [0.29, 0.717) is 22.7 Å². The van der Waals surface area contributed by atoms with Crippen LogP contribution >= 0.6 is 0 Å². The summed E-state index contributed by atoms with van der Waals surface area (Å²) in [6.07, 6.45) is 0. The molecule has 6 nitrogen and oxygen atoms in total. The maximum Gasteiger partial charge on any atom is 0.278 e. The van der Waals surface area contributed by atoms with Gasteiger partial charge in [0.15, 0.2) is 11.5 Å². The Morgan fingerprint density at radius 3 is 2.29 bits per heavy atom. The van der Waals surface area contributed by atoms with Gasteiger partial charge in [-0.1, -0.05) is 42.0 Å². The van der Waals surface area contributed by atoms with E-state index in [1.807, 2.05) is 32.0 Å². The van der Waals surface area contributed by atoms with Gasteiger partial charge in [-0.25, -0.2) is 4.39 Å². The minimum atomic E-state index is -0.530. The van der Waals surface area contributed by atoms with Crippen LogP contribution in [0.5, 0.6) is 11.5 Å². The largest absolute Gasteiger partial charge is 0.493 e. The van der Waals surface area contributed by atoms with Crippen LogP contribution < -0.4 is 14.8 Å². The van der Waals surface area contributed by atoms with Crippen molar-refractivity contribution in [3.8, 4) is 11.5 Å². The zero-order valence-corrected chi connectivity index (χ0v) is 19.4. The highest BCUT2D eigenvalue weighted by Crippen LogP contribution is 2.35. The van der Waals surface area contributed by atoms with Crippen LogP contribution in [-0.2, 0) is 16.1 Å². The van der Waals surface area contributed by atoms with Gasteiger partial charge in [-0.2, -0.15) is 0 Å². The Balaban J connectivity index is 1.79. The average molecular weight is 461 g/mol. The Hall–Kier alpha value is -4.13. The van der Waals surface area contributed by atoms with E-state index in [1.54, 1.807) is 36.4 Å². The number of methoxy groups -OCH3 is 2. The molecule has 1 aliphatic heterocycles. The molecule has 4 rings (SSSR count). The molecule has 1 heterocycles. The molecule has 1 aliphatic rings.